The molecule has 3 rings (SSSR count). The van der Waals surface area contributed by atoms with Gasteiger partial charge >= 0.3 is 5.97 Å². The second-order valence-electron chi connectivity index (χ2n) is 4.89. The van der Waals surface area contributed by atoms with Crippen LogP contribution in [0.5, 0.6) is 0 Å². The molecule has 2 heterocycles. The first-order chi connectivity index (χ1) is 9.95. The highest BCUT2D eigenvalue weighted by Gasteiger charge is 2.20. The van der Waals surface area contributed by atoms with Crippen LogP contribution in [0.4, 0.5) is 0 Å². The normalized spacial score (nSPS) is 14.3. The molecule has 2 aromatic rings. The molecule has 0 radical (unpaired) electrons. The van der Waals surface area contributed by atoms with Crippen LogP contribution in [0.2, 0.25) is 0 Å². The van der Waals surface area contributed by atoms with Gasteiger partial charge in [0.1, 0.15) is 10.6 Å². The third-order valence-electron chi connectivity index (χ3n) is 3.43. The average molecular weight is 326 g/mol. The summed E-state index contributed by atoms with van der Waals surface area (Å²) in [7, 11) is -3.70. The highest BCUT2D eigenvalue weighted by molar-refractivity contribution is 7.89. The van der Waals surface area contributed by atoms with Crippen molar-refractivity contribution in [1.29, 1.82) is 0 Å². The molecule has 0 atom stereocenters. The number of rotatable bonds is 5. The van der Waals surface area contributed by atoms with Gasteiger partial charge in [0.15, 0.2) is 0 Å². The molecule has 1 aliphatic rings. The zero-order valence-electron chi connectivity index (χ0n) is 11.0. The van der Waals surface area contributed by atoms with Crippen LogP contribution < -0.4 is 4.72 Å². The fourth-order valence-corrected chi connectivity index (χ4v) is 4.67. The maximum Gasteiger partial charge on any atom is 0.352 e. The number of aromatic amines is 1. The van der Waals surface area contributed by atoms with Crippen molar-refractivity contribution in [3.63, 3.8) is 0 Å². The summed E-state index contributed by atoms with van der Waals surface area (Å²) in [6.45, 7) is 0.230. The summed E-state index contributed by atoms with van der Waals surface area (Å²) >= 11 is 1.64. The maximum atomic E-state index is 12.1. The molecule has 21 heavy (non-hydrogen) atoms. The number of aryl methyl sites for hydroxylation is 2. The van der Waals surface area contributed by atoms with Crippen molar-refractivity contribution < 1.29 is 18.3 Å². The molecule has 6 nitrogen and oxygen atoms in total. The lowest BCUT2D eigenvalue weighted by Gasteiger charge is -2.03. The number of carboxylic acid groups (broad SMARTS) is 1. The minimum atomic E-state index is -3.70. The van der Waals surface area contributed by atoms with E-state index in [0.29, 0.717) is 0 Å². The third-order valence-corrected chi connectivity index (χ3v) is 6.05. The van der Waals surface area contributed by atoms with E-state index in [1.54, 1.807) is 11.3 Å². The molecule has 0 unspecified atom stereocenters. The standard InChI is InChI=1S/C13H14N2O4S2/c16-13(17)11-5-10(7-14-11)21(18,19)15-6-9-4-8-2-1-3-12(8)20-9/h4-5,7,14-15H,1-3,6H2,(H,16,17). The van der Waals surface area contributed by atoms with Crippen molar-refractivity contribution in [2.45, 2.75) is 30.7 Å². The molecule has 0 saturated heterocycles. The molecular formula is C13H14N2O4S2. The first kappa shape index (κ1) is 14.3. The topological polar surface area (TPSA) is 99.3 Å². The van der Waals surface area contributed by atoms with Crippen LogP contribution in [0.3, 0.4) is 0 Å². The van der Waals surface area contributed by atoms with Gasteiger partial charge in [0.05, 0.1) is 0 Å². The molecule has 8 heteroatoms. The fraction of sp³-hybridized carbons (Fsp3) is 0.308. The minimum absolute atomic E-state index is 0.0657. The zero-order chi connectivity index (χ0) is 15.0. The van der Waals surface area contributed by atoms with Crippen LogP contribution in [-0.4, -0.2) is 24.5 Å². The molecule has 0 spiro atoms. The first-order valence-electron chi connectivity index (χ1n) is 6.47. The largest absolute Gasteiger partial charge is 0.477 e. The molecule has 0 aromatic carbocycles. The third kappa shape index (κ3) is 2.87. The van der Waals surface area contributed by atoms with Crippen LogP contribution in [0.15, 0.2) is 23.2 Å². The molecule has 112 valence electrons. The van der Waals surface area contributed by atoms with Crippen molar-refractivity contribution in [1.82, 2.24) is 9.71 Å². The van der Waals surface area contributed by atoms with Crippen molar-refractivity contribution in [2.24, 2.45) is 0 Å². The summed E-state index contributed by atoms with van der Waals surface area (Å²) in [4.78, 5) is 15.4. The van der Waals surface area contributed by atoms with E-state index >= 15 is 0 Å². The van der Waals surface area contributed by atoms with E-state index in [2.05, 4.69) is 15.8 Å². The van der Waals surface area contributed by atoms with Gasteiger partial charge in [-0.3, -0.25) is 0 Å². The van der Waals surface area contributed by atoms with Gasteiger partial charge in [0.2, 0.25) is 10.0 Å². The SMILES string of the molecule is O=C(O)c1cc(S(=O)(=O)NCc2cc3c(s2)CCC3)c[nH]1. The van der Waals surface area contributed by atoms with Gasteiger partial charge in [-0.1, -0.05) is 0 Å². The van der Waals surface area contributed by atoms with Crippen molar-refractivity contribution in [2.75, 3.05) is 0 Å². The van der Waals surface area contributed by atoms with E-state index in [9.17, 15) is 13.2 Å². The van der Waals surface area contributed by atoms with Crippen LogP contribution in [0.25, 0.3) is 0 Å². The fourth-order valence-electron chi connectivity index (χ4n) is 2.38. The van der Waals surface area contributed by atoms with Crippen LogP contribution in [0.1, 0.15) is 32.2 Å². The lowest BCUT2D eigenvalue weighted by Crippen LogP contribution is -2.22. The Morgan fingerprint density at radius 2 is 2.19 bits per heavy atom. The predicted molar refractivity (Wildman–Crippen MR) is 78.1 cm³/mol. The van der Waals surface area contributed by atoms with Crippen LogP contribution in [-0.2, 0) is 29.4 Å². The summed E-state index contributed by atoms with van der Waals surface area (Å²) in [5, 5.41) is 8.79. The van der Waals surface area contributed by atoms with Gasteiger partial charge in [-0.15, -0.1) is 11.3 Å². The number of hydrogen-bond donors (Lipinski definition) is 3. The Kier molecular flexibility index (Phi) is 3.60. The van der Waals surface area contributed by atoms with Gasteiger partial charge < -0.3 is 10.1 Å². The van der Waals surface area contributed by atoms with E-state index in [-0.39, 0.29) is 17.1 Å². The second-order valence-corrected chi connectivity index (χ2v) is 7.88. The van der Waals surface area contributed by atoms with Gasteiger partial charge in [-0.2, -0.15) is 0 Å². The highest BCUT2D eigenvalue weighted by atomic mass is 32.2. The smallest absolute Gasteiger partial charge is 0.352 e. The average Bonchev–Trinajstić information content (AvgIpc) is 3.11. The first-order valence-corrected chi connectivity index (χ1v) is 8.77. The van der Waals surface area contributed by atoms with E-state index in [1.807, 2.05) is 0 Å². The van der Waals surface area contributed by atoms with Crippen molar-refractivity contribution in [3.05, 3.63) is 39.3 Å². The summed E-state index contributed by atoms with van der Waals surface area (Å²) in [6, 6.07) is 3.16. The summed E-state index contributed by atoms with van der Waals surface area (Å²) in [6.07, 6.45) is 4.50. The summed E-state index contributed by atoms with van der Waals surface area (Å²) in [5.41, 5.74) is 1.18. The van der Waals surface area contributed by atoms with Gasteiger partial charge in [-0.25, -0.2) is 17.9 Å². The van der Waals surface area contributed by atoms with Gasteiger partial charge in [0, 0.05) is 22.5 Å². The molecule has 1 aliphatic carbocycles. The molecule has 0 saturated carbocycles. The van der Waals surface area contributed by atoms with E-state index < -0.39 is 16.0 Å². The number of nitrogens with one attached hydrogen (secondary N) is 2. The number of thiophene rings is 1. The Morgan fingerprint density at radius 3 is 2.86 bits per heavy atom. The van der Waals surface area contributed by atoms with Crippen molar-refractivity contribution >= 4 is 27.3 Å². The Labute approximate surface area is 125 Å². The molecule has 0 aliphatic heterocycles. The zero-order valence-corrected chi connectivity index (χ0v) is 12.7. The lowest BCUT2D eigenvalue weighted by atomic mass is 10.2. The monoisotopic (exact) mass is 326 g/mol. The maximum absolute atomic E-state index is 12.1. The summed E-state index contributed by atoms with van der Waals surface area (Å²) < 4.78 is 26.7. The molecule has 0 fully saturated rings. The number of fused-ring (bicyclic) bond motifs is 1. The molecule has 0 bridgehead atoms. The molecule has 2 aromatic heterocycles. The van der Waals surface area contributed by atoms with Crippen molar-refractivity contribution in [3.8, 4) is 0 Å². The quantitative estimate of drug-likeness (QED) is 0.779. The van der Waals surface area contributed by atoms with Gasteiger partial charge in [-0.05, 0) is 37.0 Å². The predicted octanol–water partition coefficient (Wildman–Crippen LogP) is 1.74. The van der Waals surface area contributed by atoms with E-state index in [4.69, 9.17) is 5.11 Å². The molecule has 0 amide bonds. The van der Waals surface area contributed by atoms with E-state index in [0.717, 1.165) is 23.8 Å². The Balaban J connectivity index is 1.71. The number of sulfonamides is 1. The Hall–Kier alpha value is -1.64. The number of carbonyl (C=O) groups is 1. The second kappa shape index (κ2) is 5.28. The highest BCUT2D eigenvalue weighted by Crippen LogP contribution is 2.30. The lowest BCUT2D eigenvalue weighted by molar-refractivity contribution is 0.0691. The molecule has 3 N–H and O–H groups in total. The molecular weight excluding hydrogens is 312 g/mol. The minimum Gasteiger partial charge on any atom is -0.477 e. The number of H-pyrrole nitrogens is 1. The van der Waals surface area contributed by atoms with Crippen LogP contribution in [0, 0.1) is 0 Å². The van der Waals surface area contributed by atoms with E-state index in [1.165, 1.54) is 23.1 Å². The number of carboxylic acids is 1. The summed E-state index contributed by atoms with van der Waals surface area (Å²) in [5.74, 6) is -1.19. The Bertz CT molecular complexity index is 767. The number of aromatic carboxylic acids is 1. The number of hydrogen-bond acceptors (Lipinski definition) is 4. The number of aromatic nitrogens is 1. The Morgan fingerprint density at radius 1 is 1.38 bits per heavy atom. The van der Waals surface area contributed by atoms with Crippen LogP contribution >= 0.6 is 11.3 Å². The van der Waals surface area contributed by atoms with Gasteiger partial charge in [0.25, 0.3) is 0 Å².